The largest absolute Gasteiger partial charge is 0.495 e. The fourth-order valence-electron chi connectivity index (χ4n) is 5.46. The van der Waals surface area contributed by atoms with Crippen LogP contribution in [-0.4, -0.2) is 94.3 Å². The van der Waals surface area contributed by atoms with Crippen LogP contribution in [0.15, 0.2) is 30.0 Å². The lowest BCUT2D eigenvalue weighted by Crippen LogP contribution is -2.49. The van der Waals surface area contributed by atoms with Gasteiger partial charge >= 0.3 is 0 Å². The number of methoxy groups -OCH3 is 2. The Balaban J connectivity index is 1.38. The topological polar surface area (TPSA) is 134 Å². The van der Waals surface area contributed by atoms with Gasteiger partial charge in [-0.25, -0.2) is 9.97 Å². The average molecular weight is 667 g/mol. The highest BCUT2D eigenvalue weighted by molar-refractivity contribution is 6.41. The average Bonchev–Trinajstić information content (AvgIpc) is 3.48. The van der Waals surface area contributed by atoms with E-state index in [1.54, 1.807) is 34.8 Å². The van der Waals surface area contributed by atoms with Crippen molar-refractivity contribution in [2.45, 2.75) is 33.6 Å². The van der Waals surface area contributed by atoms with E-state index < -0.39 is 0 Å². The molecular weight excluding hydrogens is 629 g/mol. The summed E-state index contributed by atoms with van der Waals surface area (Å²) in [5.41, 5.74) is 2.21. The number of nitrogens with one attached hydrogen (secondary N) is 1. The first-order chi connectivity index (χ1) is 22.0. The summed E-state index contributed by atoms with van der Waals surface area (Å²) < 4.78 is 12.7. The van der Waals surface area contributed by atoms with E-state index in [-0.39, 0.29) is 16.9 Å². The van der Waals surface area contributed by atoms with E-state index in [4.69, 9.17) is 42.8 Å². The van der Waals surface area contributed by atoms with Gasteiger partial charge < -0.3 is 19.7 Å². The zero-order valence-corrected chi connectivity index (χ0v) is 28.3. The Bertz CT molecular complexity index is 1820. The van der Waals surface area contributed by atoms with Crippen LogP contribution in [0.3, 0.4) is 0 Å². The quantitative estimate of drug-likeness (QED) is 0.186. The number of nitriles is 1. The molecule has 0 bridgehead atoms. The lowest BCUT2D eigenvalue weighted by Gasteiger charge is -2.34. The van der Waals surface area contributed by atoms with Crippen molar-refractivity contribution in [2.24, 2.45) is 5.41 Å². The molecule has 1 saturated heterocycles. The molecule has 1 fully saturated rings. The highest BCUT2D eigenvalue weighted by Crippen LogP contribution is 2.47. The minimum atomic E-state index is -0.247. The third kappa shape index (κ3) is 6.82. The van der Waals surface area contributed by atoms with Crippen LogP contribution in [0, 0.1) is 16.7 Å². The van der Waals surface area contributed by atoms with Crippen LogP contribution in [0.2, 0.25) is 10.0 Å². The summed E-state index contributed by atoms with van der Waals surface area (Å²) in [7, 11) is 4.81. The van der Waals surface area contributed by atoms with E-state index in [2.05, 4.69) is 26.3 Å². The number of anilines is 1. The number of hydrogen-bond donors (Lipinski definition) is 1. The molecule has 0 unspecified atom stereocenters. The summed E-state index contributed by atoms with van der Waals surface area (Å²) in [6.07, 6.45) is 4.87. The van der Waals surface area contributed by atoms with Gasteiger partial charge in [0.05, 0.1) is 24.3 Å². The molecule has 242 valence electrons. The maximum atomic E-state index is 12.9. The minimum absolute atomic E-state index is 0.201. The number of benzene rings is 1. The molecular formula is C32H37Cl2N9O3. The van der Waals surface area contributed by atoms with Crippen molar-refractivity contribution in [1.29, 1.82) is 5.26 Å². The van der Waals surface area contributed by atoms with Gasteiger partial charge in [0.25, 0.3) is 5.91 Å². The van der Waals surface area contributed by atoms with Crippen LogP contribution in [0.25, 0.3) is 27.8 Å². The van der Waals surface area contributed by atoms with Gasteiger partial charge in [0, 0.05) is 68.4 Å². The summed E-state index contributed by atoms with van der Waals surface area (Å²) in [6, 6.07) is 5.62. The molecule has 0 aliphatic carbocycles. The number of aryl methyl sites for hydroxylation is 1. The van der Waals surface area contributed by atoms with Gasteiger partial charge in [-0.3, -0.25) is 9.69 Å². The van der Waals surface area contributed by atoms with Crippen LogP contribution in [-0.2, 0) is 11.2 Å². The molecule has 1 aliphatic rings. The van der Waals surface area contributed by atoms with E-state index in [1.165, 1.54) is 14.2 Å². The fourth-order valence-corrected chi connectivity index (χ4v) is 6.17. The molecule has 1 aromatic carbocycles. The second-order valence-corrected chi connectivity index (χ2v) is 12.9. The molecule has 4 aromatic rings. The van der Waals surface area contributed by atoms with E-state index in [0.717, 1.165) is 31.4 Å². The zero-order valence-electron chi connectivity index (χ0n) is 26.8. The van der Waals surface area contributed by atoms with Gasteiger partial charge in [-0.05, 0) is 24.4 Å². The molecule has 5 rings (SSSR count). The molecule has 12 nitrogen and oxygen atoms in total. The zero-order chi connectivity index (χ0) is 33.2. The summed E-state index contributed by atoms with van der Waals surface area (Å²) in [5.74, 6) is 1.71. The summed E-state index contributed by atoms with van der Waals surface area (Å²) in [4.78, 5) is 31.0. The molecule has 0 spiro atoms. The lowest BCUT2D eigenvalue weighted by molar-refractivity contribution is -0.128. The molecule has 4 heterocycles. The van der Waals surface area contributed by atoms with Gasteiger partial charge in [-0.15, -0.1) is 5.10 Å². The van der Waals surface area contributed by atoms with E-state index in [0.29, 0.717) is 75.2 Å². The van der Waals surface area contributed by atoms with Gasteiger partial charge in [0.2, 0.25) is 5.95 Å². The molecule has 0 atom stereocenters. The summed E-state index contributed by atoms with van der Waals surface area (Å²) in [6.45, 7) is 9.34. The Morgan fingerprint density at radius 2 is 1.74 bits per heavy atom. The van der Waals surface area contributed by atoms with Crippen molar-refractivity contribution in [3.63, 3.8) is 0 Å². The third-order valence-corrected chi connectivity index (χ3v) is 8.47. The maximum Gasteiger partial charge on any atom is 0.264 e. The number of allylic oxidation sites excluding steroid dienone is 1. The van der Waals surface area contributed by atoms with Crippen molar-refractivity contribution in [3.8, 4) is 28.7 Å². The van der Waals surface area contributed by atoms with Crippen molar-refractivity contribution in [3.05, 3.63) is 45.8 Å². The Kier molecular flexibility index (Phi) is 9.86. The molecule has 0 radical (unpaired) electrons. The second kappa shape index (κ2) is 13.7. The van der Waals surface area contributed by atoms with Gasteiger partial charge in [0.1, 0.15) is 23.1 Å². The van der Waals surface area contributed by atoms with Crippen LogP contribution < -0.4 is 14.8 Å². The highest BCUT2D eigenvalue weighted by Gasteiger charge is 2.26. The number of nitrogens with zero attached hydrogens (tertiary/aromatic N) is 8. The Morgan fingerprint density at radius 1 is 1.07 bits per heavy atom. The number of piperazine rings is 1. The predicted molar refractivity (Wildman–Crippen MR) is 179 cm³/mol. The number of aromatic nitrogens is 5. The first kappa shape index (κ1) is 33.2. The van der Waals surface area contributed by atoms with Crippen LogP contribution in [0.4, 0.5) is 5.95 Å². The van der Waals surface area contributed by atoms with Gasteiger partial charge in [-0.1, -0.05) is 50.0 Å². The van der Waals surface area contributed by atoms with Crippen molar-refractivity contribution in [1.82, 2.24) is 34.4 Å². The Hall–Kier alpha value is -4.18. The molecule has 46 heavy (non-hydrogen) atoms. The van der Waals surface area contributed by atoms with E-state index >= 15 is 0 Å². The molecule has 3 aromatic heterocycles. The summed E-state index contributed by atoms with van der Waals surface area (Å²) in [5, 5.41) is 18.7. The van der Waals surface area contributed by atoms with E-state index in [9.17, 15) is 10.1 Å². The van der Waals surface area contributed by atoms with Crippen molar-refractivity contribution >= 4 is 51.7 Å². The number of rotatable bonds is 9. The number of carbonyl (C=O) groups excluding carboxylic acids is 1. The number of fused-ring (bicyclic) bond motifs is 3. The number of carbonyl (C=O) groups is 1. The van der Waals surface area contributed by atoms with Crippen molar-refractivity contribution in [2.75, 3.05) is 59.3 Å². The number of amides is 1. The summed E-state index contributed by atoms with van der Waals surface area (Å²) >= 11 is 13.6. The standard InChI is InChI=1S/C32H37Cl2N9O3/c1-32(2,3)16-20(17-35)30(44)42-12-10-41(11-13-42)9-7-8-24-38-29-21(25-26(33)22(45-5)15-23(46-6)27(25)34)14-19-18-37-31(36-4)39-28(19)43(29)40-24/h14-16,18H,7-13H2,1-6H3,(H,36,37,39). The second-order valence-electron chi connectivity index (χ2n) is 12.1. The first-order valence-electron chi connectivity index (χ1n) is 15.0. The SMILES string of the molecule is CNc1ncc2cc(-c3c(Cl)c(OC)cc(OC)c3Cl)c3nc(CCCN4CCN(C(=O)C(C#N)=CC(C)(C)C)CC4)nn3c2n1. The maximum absolute atomic E-state index is 12.9. The monoisotopic (exact) mass is 665 g/mol. The number of pyridine rings is 1. The Labute approximate surface area is 277 Å². The predicted octanol–water partition coefficient (Wildman–Crippen LogP) is 5.28. The first-order valence-corrected chi connectivity index (χ1v) is 15.7. The number of hydrogen-bond acceptors (Lipinski definition) is 10. The molecule has 0 saturated carbocycles. The lowest BCUT2D eigenvalue weighted by atomic mass is 9.93. The molecule has 14 heteroatoms. The molecule has 1 amide bonds. The third-order valence-electron chi connectivity index (χ3n) is 7.72. The van der Waals surface area contributed by atoms with Gasteiger partial charge in [-0.2, -0.15) is 14.8 Å². The number of halogens is 2. The molecule has 1 N–H and O–H groups in total. The van der Waals surface area contributed by atoms with Crippen molar-refractivity contribution < 1.29 is 14.3 Å². The normalized spacial score (nSPS) is 14.5. The van der Waals surface area contributed by atoms with Crippen LogP contribution in [0.5, 0.6) is 11.5 Å². The highest BCUT2D eigenvalue weighted by atomic mass is 35.5. The molecule has 1 aliphatic heterocycles. The van der Waals surface area contributed by atoms with Gasteiger partial charge in [0.15, 0.2) is 17.1 Å². The fraction of sp³-hybridized carbons (Fsp3) is 0.438. The Morgan fingerprint density at radius 3 is 2.33 bits per heavy atom. The minimum Gasteiger partial charge on any atom is -0.495 e. The number of ether oxygens (including phenoxy) is 2. The smallest absolute Gasteiger partial charge is 0.264 e. The van der Waals surface area contributed by atoms with Crippen LogP contribution >= 0.6 is 23.2 Å². The van der Waals surface area contributed by atoms with Crippen LogP contribution in [0.1, 0.15) is 33.0 Å². The van der Waals surface area contributed by atoms with E-state index in [1.807, 2.05) is 26.8 Å².